The fourth-order valence-electron chi connectivity index (χ4n) is 0.110. The van der Waals surface area contributed by atoms with E-state index in [0.717, 1.165) is 6.92 Å². The van der Waals surface area contributed by atoms with Gasteiger partial charge in [0.1, 0.15) is 0 Å². The van der Waals surface area contributed by atoms with Crippen LogP contribution in [-0.4, -0.2) is 33.1 Å². The van der Waals surface area contributed by atoms with Crippen molar-refractivity contribution in [3.63, 3.8) is 0 Å². The minimum atomic E-state index is -2.03. The lowest BCUT2D eigenvalue weighted by molar-refractivity contribution is -0.160. The normalized spacial score (nSPS) is 17.4. The molecule has 9 heavy (non-hydrogen) atoms. The maximum Gasteiger partial charge on any atom is 0.328 e. The highest BCUT2D eigenvalue weighted by molar-refractivity contribution is 5.78. The Kier molecular flexibility index (Phi) is 2.13. The van der Waals surface area contributed by atoms with Gasteiger partial charge in [-0.25, -0.2) is 0 Å². The van der Waals surface area contributed by atoms with Gasteiger partial charge in [0, 0.05) is 0 Å². The Labute approximate surface area is 51.7 Å². The number of aliphatic hydroxyl groups excluding tert-OH is 1. The number of carbonyl (C=O) groups is 1. The van der Waals surface area contributed by atoms with E-state index in [1.54, 1.807) is 0 Å². The Morgan fingerprint density at radius 3 is 2.00 bits per heavy atom. The first kappa shape index (κ1) is 8.35. The molecule has 0 bridgehead atoms. The smallest absolute Gasteiger partial charge is 0.328 e. The molecule has 0 heterocycles. The van der Waals surface area contributed by atoms with Crippen molar-refractivity contribution in [1.29, 1.82) is 0 Å². The summed E-state index contributed by atoms with van der Waals surface area (Å²) in [6, 6.07) is 0. The standard InChI is InChI=1S/C4H9NO4/c1-4(5,2(6)7)3(8)9/h2,6-7H,5H2,1H3,(H,8,9). The Morgan fingerprint density at radius 1 is 1.67 bits per heavy atom. The van der Waals surface area contributed by atoms with Crippen molar-refractivity contribution in [1.82, 2.24) is 0 Å². The molecule has 1 atom stereocenters. The summed E-state index contributed by atoms with van der Waals surface area (Å²) in [6.45, 7) is 1.01. The summed E-state index contributed by atoms with van der Waals surface area (Å²) < 4.78 is 0. The average molecular weight is 135 g/mol. The number of carboxylic acids is 1. The molecule has 0 amide bonds. The number of carboxylic acid groups (broad SMARTS) is 1. The van der Waals surface area contributed by atoms with Crippen molar-refractivity contribution in [2.24, 2.45) is 5.73 Å². The maximum absolute atomic E-state index is 10.0. The molecule has 5 N–H and O–H groups in total. The van der Waals surface area contributed by atoms with Crippen LogP contribution in [0.4, 0.5) is 0 Å². The number of aliphatic hydroxyl groups is 2. The van der Waals surface area contributed by atoms with Gasteiger partial charge in [-0.1, -0.05) is 0 Å². The van der Waals surface area contributed by atoms with E-state index < -0.39 is 17.8 Å². The zero-order chi connectivity index (χ0) is 7.65. The van der Waals surface area contributed by atoms with Crippen molar-refractivity contribution in [3.05, 3.63) is 0 Å². The first-order valence-electron chi connectivity index (χ1n) is 2.27. The molecule has 5 heteroatoms. The van der Waals surface area contributed by atoms with Crippen LogP contribution in [0, 0.1) is 0 Å². The van der Waals surface area contributed by atoms with Gasteiger partial charge < -0.3 is 21.1 Å². The van der Waals surface area contributed by atoms with Crippen LogP contribution in [-0.2, 0) is 4.79 Å². The Morgan fingerprint density at radius 2 is 2.00 bits per heavy atom. The lowest BCUT2D eigenvalue weighted by atomic mass is 10.1. The number of nitrogens with two attached hydrogens (primary N) is 1. The molecular weight excluding hydrogens is 126 g/mol. The van der Waals surface area contributed by atoms with Crippen LogP contribution >= 0.6 is 0 Å². The fourth-order valence-corrected chi connectivity index (χ4v) is 0.110. The second-order valence-corrected chi connectivity index (χ2v) is 1.96. The molecule has 0 aromatic carbocycles. The highest BCUT2D eigenvalue weighted by Gasteiger charge is 2.35. The van der Waals surface area contributed by atoms with E-state index in [9.17, 15) is 4.79 Å². The fraction of sp³-hybridized carbons (Fsp3) is 0.750. The summed E-state index contributed by atoms with van der Waals surface area (Å²) in [7, 11) is 0. The first-order valence-corrected chi connectivity index (χ1v) is 2.27. The summed E-state index contributed by atoms with van der Waals surface area (Å²) in [4.78, 5) is 10.0. The quantitative estimate of drug-likeness (QED) is 0.331. The van der Waals surface area contributed by atoms with E-state index in [2.05, 4.69) is 0 Å². The van der Waals surface area contributed by atoms with E-state index in [4.69, 9.17) is 21.1 Å². The lowest BCUT2D eigenvalue weighted by Gasteiger charge is -2.20. The number of hydrogen-bond donors (Lipinski definition) is 4. The van der Waals surface area contributed by atoms with Crippen LogP contribution in [0.2, 0.25) is 0 Å². The minimum Gasteiger partial charge on any atom is -0.480 e. The van der Waals surface area contributed by atoms with E-state index >= 15 is 0 Å². The van der Waals surface area contributed by atoms with Crippen LogP contribution in [0.3, 0.4) is 0 Å². The topological polar surface area (TPSA) is 104 Å². The van der Waals surface area contributed by atoms with Crippen molar-refractivity contribution >= 4 is 5.97 Å². The van der Waals surface area contributed by atoms with Crippen LogP contribution in [0.25, 0.3) is 0 Å². The zero-order valence-electron chi connectivity index (χ0n) is 4.90. The predicted molar refractivity (Wildman–Crippen MR) is 28.5 cm³/mol. The number of aliphatic carboxylic acids is 1. The molecule has 0 aromatic heterocycles. The third kappa shape index (κ3) is 1.63. The molecule has 0 aliphatic carbocycles. The SMILES string of the molecule is CC(N)(C(=O)O)C(O)O. The summed E-state index contributed by atoms with van der Waals surface area (Å²) in [5.41, 5.74) is 2.93. The zero-order valence-corrected chi connectivity index (χ0v) is 4.90. The molecular formula is C4H9NO4. The van der Waals surface area contributed by atoms with E-state index in [-0.39, 0.29) is 0 Å². The van der Waals surface area contributed by atoms with Crippen molar-refractivity contribution < 1.29 is 20.1 Å². The minimum absolute atomic E-state index is 1.01. The van der Waals surface area contributed by atoms with Gasteiger partial charge in [-0.05, 0) is 6.92 Å². The van der Waals surface area contributed by atoms with Gasteiger partial charge in [0.2, 0.25) is 0 Å². The molecule has 0 spiro atoms. The maximum atomic E-state index is 10.0. The van der Waals surface area contributed by atoms with E-state index in [1.807, 2.05) is 0 Å². The Bertz CT molecular complexity index is 120. The van der Waals surface area contributed by atoms with Gasteiger partial charge in [-0.15, -0.1) is 0 Å². The van der Waals surface area contributed by atoms with Crippen molar-refractivity contribution in [3.8, 4) is 0 Å². The average Bonchev–Trinajstić information content (AvgIpc) is 1.65. The molecule has 0 rings (SSSR count). The van der Waals surface area contributed by atoms with Crippen LogP contribution in [0.15, 0.2) is 0 Å². The summed E-state index contributed by atoms with van der Waals surface area (Å²) in [5, 5.41) is 24.8. The van der Waals surface area contributed by atoms with Gasteiger partial charge in [0.25, 0.3) is 0 Å². The molecule has 54 valence electrons. The molecule has 0 saturated carbocycles. The molecule has 5 nitrogen and oxygen atoms in total. The second-order valence-electron chi connectivity index (χ2n) is 1.96. The molecule has 0 aliphatic rings. The third-order valence-corrected chi connectivity index (χ3v) is 0.997. The highest BCUT2D eigenvalue weighted by Crippen LogP contribution is 2.02. The number of rotatable bonds is 2. The van der Waals surface area contributed by atoms with Crippen molar-refractivity contribution in [2.75, 3.05) is 0 Å². The van der Waals surface area contributed by atoms with Crippen molar-refractivity contribution in [2.45, 2.75) is 18.8 Å². The van der Waals surface area contributed by atoms with Gasteiger partial charge in [-0.2, -0.15) is 0 Å². The van der Waals surface area contributed by atoms with Crippen LogP contribution < -0.4 is 5.73 Å². The highest BCUT2D eigenvalue weighted by atomic mass is 16.5. The first-order chi connectivity index (χ1) is 3.89. The summed E-state index contributed by atoms with van der Waals surface area (Å²) in [5.74, 6) is -1.45. The molecule has 0 aliphatic heterocycles. The van der Waals surface area contributed by atoms with Gasteiger partial charge in [0.05, 0.1) is 0 Å². The Balaban J connectivity index is 4.19. The molecule has 0 saturated heterocycles. The van der Waals surface area contributed by atoms with Gasteiger partial charge >= 0.3 is 5.97 Å². The second kappa shape index (κ2) is 2.30. The monoisotopic (exact) mass is 135 g/mol. The molecule has 1 unspecified atom stereocenters. The predicted octanol–water partition coefficient (Wildman–Crippen LogP) is -1.90. The molecule has 0 radical (unpaired) electrons. The summed E-state index contributed by atoms with van der Waals surface area (Å²) in [6.07, 6.45) is -2.03. The van der Waals surface area contributed by atoms with Crippen LogP contribution in [0.5, 0.6) is 0 Å². The molecule has 0 aromatic rings. The largest absolute Gasteiger partial charge is 0.480 e. The number of hydrogen-bond acceptors (Lipinski definition) is 4. The third-order valence-electron chi connectivity index (χ3n) is 0.997. The Hall–Kier alpha value is -0.650. The van der Waals surface area contributed by atoms with Gasteiger partial charge in [-0.3, -0.25) is 4.79 Å². The van der Waals surface area contributed by atoms with E-state index in [1.165, 1.54) is 0 Å². The van der Waals surface area contributed by atoms with E-state index in [0.29, 0.717) is 0 Å². The van der Waals surface area contributed by atoms with Gasteiger partial charge in [0.15, 0.2) is 11.8 Å². The molecule has 0 fully saturated rings. The lowest BCUT2D eigenvalue weighted by Crippen LogP contribution is -2.54. The summed E-state index contributed by atoms with van der Waals surface area (Å²) >= 11 is 0. The van der Waals surface area contributed by atoms with Crippen LogP contribution in [0.1, 0.15) is 6.92 Å².